The van der Waals surface area contributed by atoms with E-state index in [9.17, 15) is 4.79 Å². The summed E-state index contributed by atoms with van der Waals surface area (Å²) in [6.07, 6.45) is 1.85. The number of carbonyl (C=O) groups is 1. The average molecular weight is 170 g/mol. The van der Waals surface area contributed by atoms with Crippen molar-refractivity contribution in [2.45, 2.75) is 18.4 Å². The molecule has 0 atom stereocenters. The molecule has 1 amide bonds. The Balaban J connectivity index is 1.98. The quantitative estimate of drug-likeness (QED) is 0.611. The molecule has 0 aliphatic carbocycles. The van der Waals surface area contributed by atoms with Crippen LogP contribution in [0.15, 0.2) is 0 Å². The minimum atomic E-state index is -0.293. The van der Waals surface area contributed by atoms with Crippen LogP contribution in [0.5, 0.6) is 0 Å². The van der Waals surface area contributed by atoms with Crippen LogP contribution in [-0.4, -0.2) is 43.3 Å². The number of amides is 1. The molecule has 0 aromatic heterocycles. The summed E-state index contributed by atoms with van der Waals surface area (Å²) in [7, 11) is 1.41. The predicted molar refractivity (Wildman–Crippen MR) is 43.9 cm³/mol. The largest absolute Gasteiger partial charge is 0.453 e. The molecule has 0 unspecified atom stereocenters. The van der Waals surface area contributed by atoms with Crippen molar-refractivity contribution in [1.82, 2.24) is 10.2 Å². The van der Waals surface area contributed by atoms with E-state index in [1.54, 1.807) is 0 Å². The number of ether oxygens (including phenoxy) is 1. The lowest BCUT2D eigenvalue weighted by Crippen LogP contribution is -2.47. The maximum Gasteiger partial charge on any atom is 0.407 e. The fourth-order valence-electron chi connectivity index (χ4n) is 2.16. The summed E-state index contributed by atoms with van der Waals surface area (Å²) in [4.78, 5) is 13.4. The van der Waals surface area contributed by atoms with E-state index < -0.39 is 0 Å². The number of piperidine rings is 1. The molecule has 0 spiro atoms. The molecule has 1 N–H and O–H groups in total. The van der Waals surface area contributed by atoms with E-state index in [-0.39, 0.29) is 11.6 Å². The number of carbonyl (C=O) groups excluding carboxylic acids is 1. The van der Waals surface area contributed by atoms with E-state index in [4.69, 9.17) is 0 Å². The van der Waals surface area contributed by atoms with Gasteiger partial charge in [0.15, 0.2) is 0 Å². The maximum absolute atomic E-state index is 11.0. The van der Waals surface area contributed by atoms with Crippen molar-refractivity contribution in [3.05, 3.63) is 0 Å². The van der Waals surface area contributed by atoms with Gasteiger partial charge in [-0.25, -0.2) is 4.79 Å². The van der Waals surface area contributed by atoms with E-state index in [0.717, 1.165) is 32.5 Å². The molecule has 2 fully saturated rings. The van der Waals surface area contributed by atoms with Gasteiger partial charge in [-0.2, -0.15) is 0 Å². The van der Waals surface area contributed by atoms with E-state index in [1.165, 1.54) is 7.11 Å². The van der Waals surface area contributed by atoms with Crippen molar-refractivity contribution in [2.24, 2.45) is 0 Å². The maximum atomic E-state index is 11.0. The van der Waals surface area contributed by atoms with Crippen molar-refractivity contribution in [1.29, 1.82) is 0 Å². The van der Waals surface area contributed by atoms with Crippen molar-refractivity contribution >= 4 is 6.09 Å². The Bertz CT molecular complexity index is 197. The standard InChI is InChI=1S/C8H14N2O2/c1-12-7(11)9-8-2-4-10(6-8)5-3-8/h2-6H2,1H3,(H,9,11). The molecule has 2 aliphatic rings. The summed E-state index contributed by atoms with van der Waals surface area (Å²) in [6, 6.07) is 0. The molecule has 0 saturated carbocycles. The molecule has 2 rings (SSSR count). The molecule has 0 aromatic carbocycles. The van der Waals surface area contributed by atoms with E-state index in [0.29, 0.717) is 0 Å². The van der Waals surface area contributed by atoms with Crippen LogP contribution in [0.3, 0.4) is 0 Å². The number of alkyl carbamates (subject to hydrolysis) is 1. The minimum Gasteiger partial charge on any atom is -0.453 e. The molecule has 12 heavy (non-hydrogen) atoms. The Kier molecular flexibility index (Phi) is 1.72. The van der Waals surface area contributed by atoms with Crippen LogP contribution >= 0.6 is 0 Å². The Labute approximate surface area is 71.9 Å². The normalized spacial score (nSPS) is 38.2. The summed E-state index contributed by atoms with van der Waals surface area (Å²) < 4.78 is 4.59. The SMILES string of the molecule is COC(=O)NC12CCN(CC1)C2. The van der Waals surface area contributed by atoms with Gasteiger partial charge in [-0.1, -0.05) is 0 Å². The highest BCUT2D eigenvalue weighted by atomic mass is 16.5. The van der Waals surface area contributed by atoms with Crippen LogP contribution in [0.4, 0.5) is 4.79 Å². The zero-order chi connectivity index (χ0) is 8.60. The van der Waals surface area contributed by atoms with Gasteiger partial charge < -0.3 is 15.0 Å². The molecule has 2 saturated heterocycles. The number of fused-ring (bicyclic) bond motifs is 2. The van der Waals surface area contributed by atoms with Crippen LogP contribution in [0.2, 0.25) is 0 Å². The first-order chi connectivity index (χ1) is 5.74. The van der Waals surface area contributed by atoms with Crippen LogP contribution in [0.1, 0.15) is 12.8 Å². The fraction of sp³-hybridized carbons (Fsp3) is 0.875. The first kappa shape index (κ1) is 7.86. The van der Waals surface area contributed by atoms with Gasteiger partial charge in [0.25, 0.3) is 0 Å². The molecular formula is C8H14N2O2. The number of methoxy groups -OCH3 is 1. The van der Waals surface area contributed by atoms with Crippen molar-refractivity contribution in [3.63, 3.8) is 0 Å². The van der Waals surface area contributed by atoms with Gasteiger partial charge in [0.1, 0.15) is 0 Å². The summed E-state index contributed by atoms with van der Waals surface area (Å²) >= 11 is 0. The molecule has 0 aromatic rings. The van der Waals surface area contributed by atoms with Crippen molar-refractivity contribution in [3.8, 4) is 0 Å². The molecule has 0 radical (unpaired) electrons. The highest BCUT2D eigenvalue weighted by Gasteiger charge is 2.44. The second-order valence-corrected chi connectivity index (χ2v) is 3.67. The van der Waals surface area contributed by atoms with E-state index >= 15 is 0 Å². The lowest BCUT2D eigenvalue weighted by Gasteiger charge is -2.25. The molecule has 68 valence electrons. The van der Waals surface area contributed by atoms with E-state index in [1.807, 2.05) is 0 Å². The van der Waals surface area contributed by atoms with E-state index in [2.05, 4.69) is 15.0 Å². The zero-order valence-electron chi connectivity index (χ0n) is 7.30. The number of nitrogens with one attached hydrogen (secondary N) is 1. The second kappa shape index (κ2) is 2.62. The zero-order valence-corrected chi connectivity index (χ0v) is 7.30. The summed E-state index contributed by atoms with van der Waals surface area (Å²) in [5, 5.41) is 2.93. The lowest BCUT2D eigenvalue weighted by molar-refractivity contribution is 0.158. The molecule has 2 heterocycles. The second-order valence-electron chi connectivity index (χ2n) is 3.67. The monoisotopic (exact) mass is 170 g/mol. The van der Waals surface area contributed by atoms with Gasteiger partial charge in [0.2, 0.25) is 0 Å². The molecule has 4 heteroatoms. The smallest absolute Gasteiger partial charge is 0.407 e. The Hall–Kier alpha value is -0.770. The van der Waals surface area contributed by atoms with Crippen LogP contribution in [0, 0.1) is 0 Å². The first-order valence-corrected chi connectivity index (χ1v) is 4.33. The summed E-state index contributed by atoms with van der Waals surface area (Å²) in [6.45, 7) is 3.23. The molecule has 2 bridgehead atoms. The van der Waals surface area contributed by atoms with Gasteiger partial charge >= 0.3 is 6.09 Å². The number of hydrogen-bond donors (Lipinski definition) is 1. The van der Waals surface area contributed by atoms with Crippen LogP contribution in [-0.2, 0) is 4.74 Å². The van der Waals surface area contributed by atoms with Crippen molar-refractivity contribution < 1.29 is 9.53 Å². The van der Waals surface area contributed by atoms with Gasteiger partial charge in [-0.3, -0.25) is 0 Å². The first-order valence-electron chi connectivity index (χ1n) is 4.33. The predicted octanol–water partition coefficient (Wildman–Crippen LogP) is 0.191. The molecule has 4 nitrogen and oxygen atoms in total. The summed E-state index contributed by atoms with van der Waals surface area (Å²) in [5.74, 6) is 0. The average Bonchev–Trinajstić information content (AvgIpc) is 2.63. The highest BCUT2D eigenvalue weighted by Crippen LogP contribution is 2.31. The van der Waals surface area contributed by atoms with Crippen molar-refractivity contribution in [2.75, 3.05) is 26.7 Å². The Morgan fingerprint density at radius 2 is 2.17 bits per heavy atom. The minimum absolute atomic E-state index is 0.0348. The third kappa shape index (κ3) is 1.16. The van der Waals surface area contributed by atoms with Gasteiger partial charge in [-0.05, 0) is 12.8 Å². The number of nitrogens with zero attached hydrogens (tertiary/aromatic N) is 1. The number of hydrogen-bond acceptors (Lipinski definition) is 3. The third-order valence-corrected chi connectivity index (χ3v) is 2.89. The lowest BCUT2D eigenvalue weighted by atomic mass is 9.96. The van der Waals surface area contributed by atoms with Crippen LogP contribution in [0.25, 0.3) is 0 Å². The fourth-order valence-corrected chi connectivity index (χ4v) is 2.16. The van der Waals surface area contributed by atoms with Gasteiger partial charge in [0.05, 0.1) is 12.6 Å². The number of rotatable bonds is 1. The van der Waals surface area contributed by atoms with Gasteiger partial charge in [0, 0.05) is 19.6 Å². The third-order valence-electron chi connectivity index (χ3n) is 2.89. The Morgan fingerprint density at radius 3 is 2.58 bits per heavy atom. The Morgan fingerprint density at radius 1 is 1.50 bits per heavy atom. The molecular weight excluding hydrogens is 156 g/mol. The summed E-state index contributed by atoms with van der Waals surface area (Å²) in [5.41, 5.74) is 0.0348. The van der Waals surface area contributed by atoms with Gasteiger partial charge in [-0.15, -0.1) is 0 Å². The topological polar surface area (TPSA) is 41.6 Å². The molecule has 2 aliphatic heterocycles. The van der Waals surface area contributed by atoms with Crippen LogP contribution < -0.4 is 5.32 Å². The highest BCUT2D eigenvalue weighted by molar-refractivity contribution is 5.68.